The Balaban J connectivity index is 1.76. The van der Waals surface area contributed by atoms with Crippen LogP contribution < -0.4 is 5.32 Å². The largest absolute Gasteiger partial charge is 0.481 e. The minimum Gasteiger partial charge on any atom is -0.481 e. The van der Waals surface area contributed by atoms with Crippen LogP contribution in [0.25, 0.3) is 0 Å². The zero-order valence-corrected chi connectivity index (χ0v) is 15.8. The van der Waals surface area contributed by atoms with Crippen molar-refractivity contribution in [3.63, 3.8) is 0 Å². The molecule has 0 aliphatic carbocycles. The average Bonchev–Trinajstić information content (AvgIpc) is 2.71. The number of carboxylic acid groups (broad SMARTS) is 1. The van der Waals surface area contributed by atoms with Crippen LogP contribution in [0.5, 0.6) is 0 Å². The fraction of sp³-hybridized carbons (Fsp3) is 0.333. The maximum Gasteiger partial charge on any atom is 0.407 e. The summed E-state index contributed by atoms with van der Waals surface area (Å²) in [6.45, 7) is 0.177. The lowest BCUT2D eigenvalue weighted by molar-refractivity contribution is -0.136. The molecule has 2 atom stereocenters. The van der Waals surface area contributed by atoms with Gasteiger partial charge in [0.15, 0.2) is 0 Å². The summed E-state index contributed by atoms with van der Waals surface area (Å²) in [7, 11) is 0. The fourth-order valence-corrected chi connectivity index (χ4v) is 2.67. The highest BCUT2D eigenvalue weighted by Gasteiger charge is 2.20. The van der Waals surface area contributed by atoms with Crippen molar-refractivity contribution in [1.82, 2.24) is 5.32 Å². The summed E-state index contributed by atoms with van der Waals surface area (Å²) in [5.74, 6) is -1.67. The van der Waals surface area contributed by atoms with Crippen molar-refractivity contribution in [1.29, 1.82) is 0 Å². The number of hydrogen-bond donors (Lipinski definition) is 4. The number of aliphatic hydroxyl groups excluding tert-OH is 2. The first kappa shape index (κ1) is 22.3. The summed E-state index contributed by atoms with van der Waals surface area (Å²) < 4.78 is 19.1. The fourth-order valence-electron chi connectivity index (χ4n) is 2.67. The monoisotopic (exact) mass is 405 g/mol. The molecular formula is C21H24FNO6. The number of halogens is 1. The van der Waals surface area contributed by atoms with Gasteiger partial charge < -0.3 is 25.4 Å². The third kappa shape index (κ3) is 7.52. The van der Waals surface area contributed by atoms with Gasteiger partial charge in [-0.05, 0) is 35.6 Å². The number of alkyl carbamates (subject to hydrolysis) is 1. The number of aryl methyl sites for hydroxylation is 1. The highest BCUT2D eigenvalue weighted by atomic mass is 19.1. The lowest BCUT2D eigenvalue weighted by atomic mass is 9.99. The van der Waals surface area contributed by atoms with Crippen LogP contribution in [0.2, 0.25) is 0 Å². The SMILES string of the molecule is O=C(O)CCc1ccc(C(O)C(O)CCNC(=O)OCc2ccccc2)cc1F. The van der Waals surface area contributed by atoms with Gasteiger partial charge in [0, 0.05) is 13.0 Å². The van der Waals surface area contributed by atoms with Gasteiger partial charge in [0.05, 0.1) is 6.10 Å². The van der Waals surface area contributed by atoms with E-state index >= 15 is 0 Å². The topological polar surface area (TPSA) is 116 Å². The summed E-state index contributed by atoms with van der Waals surface area (Å²) in [6, 6.07) is 13.1. The molecule has 0 aromatic heterocycles. The van der Waals surface area contributed by atoms with Gasteiger partial charge in [-0.15, -0.1) is 0 Å². The summed E-state index contributed by atoms with van der Waals surface area (Å²) in [4.78, 5) is 22.2. The van der Waals surface area contributed by atoms with Gasteiger partial charge in [0.1, 0.15) is 18.5 Å². The molecule has 0 saturated carbocycles. The summed E-state index contributed by atoms with van der Waals surface area (Å²) in [5.41, 5.74) is 1.23. The molecule has 7 nitrogen and oxygen atoms in total. The van der Waals surface area contributed by atoms with Crippen LogP contribution >= 0.6 is 0 Å². The number of nitrogens with one attached hydrogen (secondary N) is 1. The Kier molecular flexibility index (Phi) is 8.57. The smallest absolute Gasteiger partial charge is 0.407 e. The molecule has 0 heterocycles. The second-order valence-electron chi connectivity index (χ2n) is 6.53. The number of aliphatic carboxylic acids is 1. The van der Waals surface area contributed by atoms with E-state index in [0.717, 1.165) is 11.6 Å². The molecule has 8 heteroatoms. The minimum absolute atomic E-state index is 0.0317. The third-order valence-corrected chi connectivity index (χ3v) is 4.31. The van der Waals surface area contributed by atoms with Crippen LogP contribution in [0, 0.1) is 5.82 Å². The molecule has 2 rings (SSSR count). The van der Waals surface area contributed by atoms with Gasteiger partial charge in [-0.2, -0.15) is 0 Å². The first-order valence-corrected chi connectivity index (χ1v) is 9.17. The van der Waals surface area contributed by atoms with E-state index in [1.54, 1.807) is 0 Å². The van der Waals surface area contributed by atoms with Crippen molar-refractivity contribution in [2.75, 3.05) is 6.54 Å². The maximum absolute atomic E-state index is 14.0. The van der Waals surface area contributed by atoms with E-state index in [1.165, 1.54) is 12.1 Å². The minimum atomic E-state index is -1.35. The van der Waals surface area contributed by atoms with E-state index in [-0.39, 0.29) is 43.5 Å². The lowest BCUT2D eigenvalue weighted by Crippen LogP contribution is -2.29. The van der Waals surface area contributed by atoms with E-state index in [0.29, 0.717) is 0 Å². The molecule has 0 aliphatic heterocycles. The van der Waals surface area contributed by atoms with E-state index in [1.807, 2.05) is 30.3 Å². The van der Waals surface area contributed by atoms with Gasteiger partial charge in [-0.25, -0.2) is 9.18 Å². The quantitative estimate of drug-likeness (QED) is 0.483. The third-order valence-electron chi connectivity index (χ3n) is 4.31. The van der Waals surface area contributed by atoms with Crippen LogP contribution in [0.4, 0.5) is 9.18 Å². The molecule has 0 radical (unpaired) electrons. The number of benzene rings is 2. The number of carbonyl (C=O) groups excluding carboxylic acids is 1. The van der Waals surface area contributed by atoms with Gasteiger partial charge in [-0.1, -0.05) is 42.5 Å². The Labute approximate surface area is 167 Å². The molecule has 2 aromatic carbocycles. The first-order chi connectivity index (χ1) is 13.9. The van der Waals surface area contributed by atoms with E-state index in [4.69, 9.17) is 9.84 Å². The van der Waals surface area contributed by atoms with Crippen LogP contribution in [-0.2, 0) is 22.6 Å². The zero-order valence-electron chi connectivity index (χ0n) is 15.8. The van der Waals surface area contributed by atoms with Gasteiger partial charge in [0.2, 0.25) is 0 Å². The van der Waals surface area contributed by atoms with Crippen molar-refractivity contribution in [3.05, 3.63) is 71.0 Å². The van der Waals surface area contributed by atoms with E-state index in [2.05, 4.69) is 5.32 Å². The number of hydrogen-bond acceptors (Lipinski definition) is 5. The molecule has 0 bridgehead atoms. The molecule has 0 aliphatic rings. The second kappa shape index (κ2) is 11.1. The van der Waals surface area contributed by atoms with Crippen molar-refractivity contribution >= 4 is 12.1 Å². The average molecular weight is 405 g/mol. The highest BCUT2D eigenvalue weighted by Crippen LogP contribution is 2.22. The van der Waals surface area contributed by atoms with E-state index < -0.39 is 30.1 Å². The Hall–Kier alpha value is -2.97. The van der Waals surface area contributed by atoms with Gasteiger partial charge in [-0.3, -0.25) is 4.79 Å². The molecule has 156 valence electrons. The standard InChI is InChI=1S/C21H24FNO6/c22-17-12-16(7-6-15(17)8-9-19(25)26)20(27)18(24)10-11-23-21(28)29-13-14-4-2-1-3-5-14/h1-7,12,18,20,24,27H,8-11,13H2,(H,23,28)(H,25,26). The molecular weight excluding hydrogens is 381 g/mol. The molecule has 0 spiro atoms. The molecule has 2 aromatic rings. The number of ether oxygens (including phenoxy) is 1. The van der Waals surface area contributed by atoms with E-state index in [9.17, 15) is 24.2 Å². The molecule has 29 heavy (non-hydrogen) atoms. The summed E-state index contributed by atoms with van der Waals surface area (Å²) in [6.07, 6.45) is -3.36. The molecule has 1 amide bonds. The Morgan fingerprint density at radius 2 is 1.83 bits per heavy atom. The Morgan fingerprint density at radius 1 is 1.10 bits per heavy atom. The van der Waals surface area contributed by atoms with Gasteiger partial charge in [0.25, 0.3) is 0 Å². The van der Waals surface area contributed by atoms with Crippen LogP contribution in [-0.4, -0.2) is 40.0 Å². The number of aliphatic hydroxyl groups is 2. The van der Waals surface area contributed by atoms with Gasteiger partial charge >= 0.3 is 12.1 Å². The predicted octanol–water partition coefficient (Wildman–Crippen LogP) is 2.55. The van der Waals surface area contributed by atoms with Crippen molar-refractivity contribution in [2.24, 2.45) is 0 Å². The first-order valence-electron chi connectivity index (χ1n) is 9.17. The second-order valence-corrected chi connectivity index (χ2v) is 6.53. The zero-order chi connectivity index (χ0) is 21.2. The molecule has 2 unspecified atom stereocenters. The lowest BCUT2D eigenvalue weighted by Gasteiger charge is -2.19. The number of carboxylic acids is 1. The Morgan fingerprint density at radius 3 is 2.48 bits per heavy atom. The maximum atomic E-state index is 14.0. The Bertz CT molecular complexity index is 814. The predicted molar refractivity (Wildman–Crippen MR) is 103 cm³/mol. The number of amides is 1. The summed E-state index contributed by atoms with van der Waals surface area (Å²) in [5, 5.41) is 31.4. The van der Waals surface area contributed by atoms with Crippen LogP contribution in [0.1, 0.15) is 35.6 Å². The number of rotatable bonds is 10. The van der Waals surface area contributed by atoms with Crippen LogP contribution in [0.15, 0.2) is 48.5 Å². The van der Waals surface area contributed by atoms with Crippen molar-refractivity contribution in [3.8, 4) is 0 Å². The van der Waals surface area contributed by atoms with Crippen LogP contribution in [0.3, 0.4) is 0 Å². The molecule has 4 N–H and O–H groups in total. The normalized spacial score (nSPS) is 12.8. The molecule has 0 fully saturated rings. The molecule has 0 saturated heterocycles. The highest BCUT2D eigenvalue weighted by molar-refractivity contribution is 5.67. The summed E-state index contributed by atoms with van der Waals surface area (Å²) >= 11 is 0. The van der Waals surface area contributed by atoms with Crippen molar-refractivity contribution < 1.29 is 34.0 Å². The number of carbonyl (C=O) groups is 2. The van der Waals surface area contributed by atoms with Crippen molar-refractivity contribution in [2.45, 2.75) is 38.1 Å².